The molecule has 8 heteroatoms. The van der Waals surface area contributed by atoms with Gasteiger partial charge in [0, 0.05) is 11.9 Å². The van der Waals surface area contributed by atoms with E-state index in [9.17, 15) is 13.2 Å². The number of nitrogens with one attached hydrogen (secondary N) is 1. The van der Waals surface area contributed by atoms with Crippen LogP contribution < -0.4 is 10.1 Å². The maximum absolute atomic E-state index is 13.1. The number of anilines is 2. The van der Waals surface area contributed by atoms with E-state index in [1.807, 2.05) is 13.0 Å². The van der Waals surface area contributed by atoms with Gasteiger partial charge < -0.3 is 10.1 Å². The van der Waals surface area contributed by atoms with E-state index in [1.54, 1.807) is 24.3 Å². The molecule has 0 aliphatic carbocycles. The first-order chi connectivity index (χ1) is 11.9. The van der Waals surface area contributed by atoms with E-state index in [2.05, 4.69) is 15.3 Å². The predicted octanol–water partition coefficient (Wildman–Crippen LogP) is 4.68. The molecule has 2 aromatic rings. The van der Waals surface area contributed by atoms with Gasteiger partial charge in [-0.1, -0.05) is 19.8 Å². The summed E-state index contributed by atoms with van der Waals surface area (Å²) in [6, 6.07) is 8.36. The highest BCUT2D eigenvalue weighted by molar-refractivity contribution is 5.55. The van der Waals surface area contributed by atoms with Crippen LogP contribution in [0.2, 0.25) is 0 Å². The van der Waals surface area contributed by atoms with E-state index in [-0.39, 0.29) is 12.6 Å². The van der Waals surface area contributed by atoms with Gasteiger partial charge in [-0.05, 0) is 30.7 Å². The van der Waals surface area contributed by atoms with E-state index >= 15 is 0 Å². The molecule has 1 heterocycles. The van der Waals surface area contributed by atoms with E-state index in [4.69, 9.17) is 10.00 Å². The van der Waals surface area contributed by atoms with Crippen LogP contribution in [-0.4, -0.2) is 16.6 Å². The van der Waals surface area contributed by atoms with Crippen molar-refractivity contribution >= 4 is 11.6 Å². The Kier molecular flexibility index (Phi) is 6.17. The van der Waals surface area contributed by atoms with E-state index < -0.39 is 17.6 Å². The van der Waals surface area contributed by atoms with Crippen molar-refractivity contribution in [3.63, 3.8) is 0 Å². The molecular formula is C17H17F3N4O. The molecule has 0 aliphatic heterocycles. The van der Waals surface area contributed by atoms with Crippen molar-refractivity contribution < 1.29 is 17.9 Å². The minimum absolute atomic E-state index is 0.0109. The van der Waals surface area contributed by atoms with Crippen molar-refractivity contribution in [2.24, 2.45) is 0 Å². The second-order valence-corrected chi connectivity index (χ2v) is 5.28. The van der Waals surface area contributed by atoms with Gasteiger partial charge in [0.15, 0.2) is 0 Å². The Labute approximate surface area is 143 Å². The second-order valence-electron chi connectivity index (χ2n) is 5.28. The average molecular weight is 350 g/mol. The Morgan fingerprint density at radius 3 is 2.52 bits per heavy atom. The normalized spacial score (nSPS) is 11.0. The quantitative estimate of drug-likeness (QED) is 0.734. The van der Waals surface area contributed by atoms with Crippen molar-refractivity contribution in [3.8, 4) is 11.9 Å². The molecule has 0 fully saturated rings. The van der Waals surface area contributed by atoms with Crippen LogP contribution >= 0.6 is 0 Å². The van der Waals surface area contributed by atoms with Gasteiger partial charge in [-0.15, -0.1) is 0 Å². The molecule has 2 rings (SSSR count). The van der Waals surface area contributed by atoms with Crippen LogP contribution in [-0.2, 0) is 6.18 Å². The van der Waals surface area contributed by atoms with Crippen molar-refractivity contribution in [2.75, 3.05) is 11.9 Å². The van der Waals surface area contributed by atoms with Gasteiger partial charge in [-0.3, -0.25) is 0 Å². The lowest BCUT2D eigenvalue weighted by molar-refractivity contribution is -0.139. The molecule has 1 aromatic heterocycles. The zero-order valence-corrected chi connectivity index (χ0v) is 13.6. The second kappa shape index (κ2) is 8.33. The number of halogens is 3. The number of nitriles is 1. The SMILES string of the molecule is CCCCCOc1nc(Nc2ccc(C#N)cc2)ncc1C(F)(F)F. The maximum Gasteiger partial charge on any atom is 0.423 e. The lowest BCUT2D eigenvalue weighted by atomic mass is 10.2. The summed E-state index contributed by atoms with van der Waals surface area (Å²) in [6.45, 7) is 2.15. The Morgan fingerprint density at radius 2 is 1.92 bits per heavy atom. The molecule has 0 amide bonds. The highest BCUT2D eigenvalue weighted by Gasteiger charge is 2.36. The smallest absolute Gasteiger partial charge is 0.423 e. The lowest BCUT2D eigenvalue weighted by Gasteiger charge is -2.14. The lowest BCUT2D eigenvalue weighted by Crippen LogP contribution is -2.13. The van der Waals surface area contributed by atoms with Gasteiger partial charge in [0.1, 0.15) is 5.56 Å². The zero-order valence-electron chi connectivity index (χ0n) is 13.6. The van der Waals surface area contributed by atoms with Gasteiger partial charge in [0.05, 0.1) is 18.2 Å². The number of hydrogen-bond acceptors (Lipinski definition) is 5. The molecule has 5 nitrogen and oxygen atoms in total. The molecule has 0 saturated heterocycles. The van der Waals surface area contributed by atoms with Crippen molar-refractivity contribution in [2.45, 2.75) is 32.4 Å². The summed E-state index contributed by atoms with van der Waals surface area (Å²) in [5.41, 5.74) is 0.0175. The number of ether oxygens (including phenoxy) is 1. The van der Waals surface area contributed by atoms with Crippen LogP contribution in [0.3, 0.4) is 0 Å². The first kappa shape index (κ1) is 18.5. The van der Waals surface area contributed by atoms with Crippen molar-refractivity contribution in [1.29, 1.82) is 5.26 Å². The standard InChI is InChI=1S/C17H17F3N4O/c1-2-3-4-9-25-15-14(17(18,19)20)11-22-16(24-15)23-13-7-5-12(10-21)6-8-13/h5-8,11H,2-4,9H2,1H3,(H,22,23,24). The van der Waals surface area contributed by atoms with Crippen LogP contribution in [0, 0.1) is 11.3 Å². The molecule has 0 spiro atoms. The summed E-state index contributed by atoms with van der Waals surface area (Å²) in [7, 11) is 0. The molecule has 1 N–H and O–H groups in total. The highest BCUT2D eigenvalue weighted by atomic mass is 19.4. The summed E-state index contributed by atoms with van der Waals surface area (Å²) in [4.78, 5) is 7.55. The predicted molar refractivity (Wildman–Crippen MR) is 86.5 cm³/mol. The Hall–Kier alpha value is -2.82. The van der Waals surface area contributed by atoms with Crippen molar-refractivity contribution in [3.05, 3.63) is 41.6 Å². The van der Waals surface area contributed by atoms with Gasteiger partial charge in [-0.25, -0.2) is 4.98 Å². The first-order valence-corrected chi connectivity index (χ1v) is 7.78. The van der Waals surface area contributed by atoms with Gasteiger partial charge >= 0.3 is 6.18 Å². The number of benzene rings is 1. The number of aromatic nitrogens is 2. The van der Waals surface area contributed by atoms with Crippen LogP contribution in [0.5, 0.6) is 5.88 Å². The molecule has 0 atom stereocenters. The fourth-order valence-electron chi connectivity index (χ4n) is 2.01. The zero-order chi connectivity index (χ0) is 18.3. The van der Waals surface area contributed by atoms with Gasteiger partial charge in [-0.2, -0.15) is 23.4 Å². The third kappa shape index (κ3) is 5.35. The van der Waals surface area contributed by atoms with E-state index in [1.165, 1.54) is 0 Å². The maximum atomic E-state index is 13.1. The topological polar surface area (TPSA) is 70.8 Å². The molecular weight excluding hydrogens is 333 g/mol. The number of rotatable bonds is 7. The summed E-state index contributed by atoms with van der Waals surface area (Å²) in [5, 5.41) is 11.6. The molecule has 132 valence electrons. The molecule has 0 saturated carbocycles. The van der Waals surface area contributed by atoms with Gasteiger partial charge in [0.25, 0.3) is 0 Å². The van der Waals surface area contributed by atoms with E-state index in [0.717, 1.165) is 12.8 Å². The van der Waals surface area contributed by atoms with Gasteiger partial charge in [0.2, 0.25) is 11.8 Å². The molecule has 0 bridgehead atoms. The fraction of sp³-hybridized carbons (Fsp3) is 0.353. The minimum Gasteiger partial charge on any atom is -0.477 e. The molecule has 0 radical (unpaired) electrons. The number of unbranched alkanes of at least 4 members (excludes halogenated alkanes) is 2. The largest absolute Gasteiger partial charge is 0.477 e. The van der Waals surface area contributed by atoms with Crippen LogP contribution in [0.25, 0.3) is 0 Å². The summed E-state index contributed by atoms with van der Waals surface area (Å²) in [5.74, 6) is -0.502. The van der Waals surface area contributed by atoms with Crippen LogP contribution in [0.15, 0.2) is 30.5 Å². The van der Waals surface area contributed by atoms with Crippen LogP contribution in [0.1, 0.15) is 37.3 Å². The third-order valence-corrected chi connectivity index (χ3v) is 3.32. The first-order valence-electron chi connectivity index (χ1n) is 7.78. The number of alkyl halides is 3. The van der Waals surface area contributed by atoms with Crippen LogP contribution in [0.4, 0.5) is 24.8 Å². The molecule has 0 unspecified atom stereocenters. The molecule has 0 aliphatic rings. The third-order valence-electron chi connectivity index (χ3n) is 3.32. The Bertz CT molecular complexity index is 739. The molecule has 1 aromatic carbocycles. The summed E-state index contributed by atoms with van der Waals surface area (Å²) >= 11 is 0. The molecule has 25 heavy (non-hydrogen) atoms. The fourth-order valence-corrected chi connectivity index (χ4v) is 2.01. The Balaban J connectivity index is 2.19. The van der Waals surface area contributed by atoms with E-state index in [0.29, 0.717) is 23.9 Å². The monoisotopic (exact) mass is 350 g/mol. The summed E-state index contributed by atoms with van der Waals surface area (Å²) < 4.78 is 44.4. The Morgan fingerprint density at radius 1 is 1.20 bits per heavy atom. The number of nitrogens with zero attached hydrogens (tertiary/aromatic N) is 3. The average Bonchev–Trinajstić information content (AvgIpc) is 2.58. The minimum atomic E-state index is -4.59. The van der Waals surface area contributed by atoms with Crippen molar-refractivity contribution in [1.82, 2.24) is 9.97 Å². The highest BCUT2D eigenvalue weighted by Crippen LogP contribution is 2.35. The number of hydrogen-bond donors (Lipinski definition) is 1. The summed E-state index contributed by atoms with van der Waals surface area (Å²) in [6.07, 6.45) is -1.44.